The van der Waals surface area contributed by atoms with Gasteiger partial charge in [-0.05, 0) is 96.1 Å². The van der Waals surface area contributed by atoms with Crippen molar-refractivity contribution in [3.05, 3.63) is 35.9 Å². The molecule has 1 aromatic heterocycles. The molecule has 1 aromatic carbocycles. The first-order valence-electron chi connectivity index (χ1n) is 23.6. The number of benzene rings is 1. The highest BCUT2D eigenvalue weighted by molar-refractivity contribution is 7.85. The number of allylic oxidation sites excluding steroid dienone is 1. The molecule has 2 amide bonds. The van der Waals surface area contributed by atoms with E-state index in [1.54, 1.807) is 39.0 Å². The fourth-order valence-electron chi connectivity index (χ4n) is 9.06. The third-order valence-electron chi connectivity index (χ3n) is 12.9. The van der Waals surface area contributed by atoms with E-state index in [1.165, 1.54) is 18.1 Å². The van der Waals surface area contributed by atoms with Crippen LogP contribution in [-0.2, 0) is 52.9 Å². The number of amides is 2. The SMILES string of the molecule is C=C[C@@H]1C[C@]1(CC(=O)[C@@H]1C[C@@H](Oc2cc(OCC)nc3c(Cl)c(OC)ccc23)CN1C(=O)[C@@H](CC(=O)OC(C)(C)C)C(C)(C)C)C(=O)NS(=O)(=O)OC1(CCC)CC1.CCCC1(OS(N)(=O)=O)CC1. The monoisotopic (exact) mass is 1030 g/mol. The van der Waals surface area contributed by atoms with Crippen LogP contribution < -0.4 is 24.1 Å². The Morgan fingerprint density at radius 2 is 1.58 bits per heavy atom. The van der Waals surface area contributed by atoms with Gasteiger partial charge < -0.3 is 23.8 Å². The Morgan fingerprint density at radius 1 is 0.971 bits per heavy atom. The summed E-state index contributed by atoms with van der Waals surface area (Å²) in [7, 11) is -6.74. The molecule has 3 aliphatic carbocycles. The molecule has 2 aromatic rings. The third-order valence-corrected chi connectivity index (χ3v) is 14.8. The number of carbonyl (C=O) groups is 4. The molecule has 386 valence electrons. The van der Waals surface area contributed by atoms with Crippen LogP contribution in [0.4, 0.5) is 0 Å². The Kier molecular flexibility index (Phi) is 17.3. The van der Waals surface area contributed by atoms with Gasteiger partial charge >= 0.3 is 26.6 Å². The number of halogens is 1. The molecule has 2 heterocycles. The van der Waals surface area contributed by atoms with Crippen molar-refractivity contribution in [2.75, 3.05) is 20.3 Å². The topological polar surface area (TPSA) is 246 Å². The van der Waals surface area contributed by atoms with Crippen LogP contribution in [0.25, 0.3) is 10.9 Å². The zero-order chi connectivity index (χ0) is 51.5. The van der Waals surface area contributed by atoms with Gasteiger partial charge in [0.05, 0.1) is 55.3 Å². The number of ketones is 1. The molecule has 18 nitrogen and oxygen atoms in total. The standard InChI is InChI=1S/C42H58ClN3O11S.C6H13NO3S/c1-11-16-41(17-18-41)57-58(51,52)45-38(50)42(22-25(42)12-2)23-30(47)29-19-26(24-46(29)37(49)28(39(4,5)6)20-34(48)56-40(7,8)9)55-32-21-33(54-13-3)44-36-27(32)14-15-31(53-10)35(36)43;1-2-3-6(4-5-6)10-11(7,8)9/h12,14-15,21,25-26,28-29H,2,11,13,16-20,22-24H2,1,3-10H3,(H,45,50);2-5H2,1H3,(H2,7,8,9)/t25-,26-,28-,29+,42-;/m1./s1. The summed E-state index contributed by atoms with van der Waals surface area (Å²) in [6, 6.07) is 3.94. The second-order valence-electron chi connectivity index (χ2n) is 20.8. The maximum absolute atomic E-state index is 14.7. The fraction of sp³-hybridized carbons (Fsp3) is 0.688. The second kappa shape index (κ2) is 21.3. The van der Waals surface area contributed by atoms with Crippen LogP contribution in [0.5, 0.6) is 17.4 Å². The van der Waals surface area contributed by atoms with Gasteiger partial charge in [-0.3, -0.25) is 23.4 Å². The summed E-state index contributed by atoms with van der Waals surface area (Å²) in [5.41, 5.74) is -3.84. The number of hydrogen-bond donors (Lipinski definition) is 2. The minimum Gasteiger partial charge on any atom is -0.495 e. The van der Waals surface area contributed by atoms with E-state index < -0.39 is 95.8 Å². The van der Waals surface area contributed by atoms with E-state index >= 15 is 0 Å². The lowest BCUT2D eigenvalue weighted by atomic mass is 9.77. The van der Waals surface area contributed by atoms with Crippen molar-refractivity contribution in [3.8, 4) is 17.4 Å². The maximum Gasteiger partial charge on any atom is 0.362 e. The molecule has 5 atom stereocenters. The summed E-state index contributed by atoms with van der Waals surface area (Å²) in [5.74, 6) is -2.76. The lowest BCUT2D eigenvalue weighted by molar-refractivity contribution is -0.161. The van der Waals surface area contributed by atoms with E-state index in [1.807, 2.05) is 41.5 Å². The Morgan fingerprint density at radius 3 is 2.07 bits per heavy atom. The van der Waals surface area contributed by atoms with Crippen LogP contribution >= 0.6 is 11.6 Å². The van der Waals surface area contributed by atoms with Crippen molar-refractivity contribution in [1.82, 2.24) is 14.6 Å². The van der Waals surface area contributed by atoms with Crippen molar-refractivity contribution in [2.24, 2.45) is 27.8 Å². The molecule has 69 heavy (non-hydrogen) atoms. The number of ether oxygens (including phenoxy) is 4. The number of nitrogens with two attached hydrogens (primary N) is 1. The normalized spacial score (nSPS) is 22.9. The first-order valence-corrected chi connectivity index (χ1v) is 26.9. The molecule has 0 bridgehead atoms. The van der Waals surface area contributed by atoms with Crippen molar-refractivity contribution in [1.29, 1.82) is 0 Å². The van der Waals surface area contributed by atoms with Gasteiger partial charge in [0.2, 0.25) is 17.7 Å². The largest absolute Gasteiger partial charge is 0.495 e. The lowest BCUT2D eigenvalue weighted by Crippen LogP contribution is -2.49. The van der Waals surface area contributed by atoms with E-state index in [9.17, 15) is 36.0 Å². The molecular formula is C48H71ClN4O14S2. The zero-order valence-electron chi connectivity index (χ0n) is 41.6. The van der Waals surface area contributed by atoms with Crippen molar-refractivity contribution >= 4 is 66.7 Å². The molecule has 1 aliphatic heterocycles. The molecule has 1 saturated heterocycles. The predicted octanol–water partition coefficient (Wildman–Crippen LogP) is 7.44. The summed E-state index contributed by atoms with van der Waals surface area (Å²) in [5, 5.41) is 5.52. The quantitative estimate of drug-likeness (QED) is 0.0860. The van der Waals surface area contributed by atoms with Crippen molar-refractivity contribution in [2.45, 2.75) is 168 Å². The van der Waals surface area contributed by atoms with Crippen molar-refractivity contribution < 1.29 is 63.3 Å². The summed E-state index contributed by atoms with van der Waals surface area (Å²) in [6.07, 6.45) is 6.10. The number of nitrogens with zero attached hydrogens (tertiary/aromatic N) is 2. The van der Waals surface area contributed by atoms with Gasteiger partial charge in [-0.15, -0.1) is 6.58 Å². The average molecular weight is 1030 g/mol. The average Bonchev–Trinajstić information content (AvgIpc) is 4.19. The van der Waals surface area contributed by atoms with Crippen LogP contribution in [0.2, 0.25) is 5.02 Å². The van der Waals surface area contributed by atoms with Crippen LogP contribution in [0.15, 0.2) is 30.9 Å². The third kappa shape index (κ3) is 14.5. The van der Waals surface area contributed by atoms with E-state index in [0.29, 0.717) is 54.7 Å². The summed E-state index contributed by atoms with van der Waals surface area (Å²) >= 11 is 6.68. The molecule has 0 radical (unpaired) electrons. The number of rotatable bonds is 22. The van der Waals surface area contributed by atoms with Crippen LogP contribution in [-0.4, -0.2) is 99.5 Å². The minimum absolute atomic E-state index is 0.0307. The van der Waals surface area contributed by atoms with Gasteiger partial charge in [-0.2, -0.15) is 16.8 Å². The maximum atomic E-state index is 14.7. The highest BCUT2D eigenvalue weighted by Crippen LogP contribution is 2.57. The van der Waals surface area contributed by atoms with Crippen molar-refractivity contribution in [3.63, 3.8) is 0 Å². The van der Waals surface area contributed by atoms with Crippen LogP contribution in [0.1, 0.15) is 139 Å². The number of Topliss-reactive ketones (excluding diaryl/α,β-unsaturated/α-hetero) is 1. The number of aromatic nitrogens is 1. The number of likely N-dealkylation sites (tertiary alicyclic amines) is 1. The van der Waals surface area contributed by atoms with E-state index in [0.717, 1.165) is 25.7 Å². The summed E-state index contributed by atoms with van der Waals surface area (Å²) in [6.45, 7) is 20.6. The van der Waals surface area contributed by atoms with Gasteiger partial charge in [-0.25, -0.2) is 19.0 Å². The molecule has 0 spiro atoms. The smallest absolute Gasteiger partial charge is 0.362 e. The van der Waals surface area contributed by atoms with Gasteiger partial charge in [-0.1, -0.05) is 65.1 Å². The Labute approximate surface area is 412 Å². The molecule has 6 rings (SSSR count). The fourth-order valence-corrected chi connectivity index (χ4v) is 11.3. The molecular weight excluding hydrogens is 956 g/mol. The highest BCUT2D eigenvalue weighted by Gasteiger charge is 2.62. The first-order chi connectivity index (χ1) is 32.0. The number of methoxy groups -OCH3 is 1. The van der Waals surface area contributed by atoms with Gasteiger partial charge in [0, 0.05) is 24.3 Å². The van der Waals surface area contributed by atoms with Gasteiger partial charge in [0.15, 0.2) is 5.78 Å². The molecule has 4 fully saturated rings. The molecule has 3 saturated carbocycles. The number of carbonyl (C=O) groups excluding carboxylic acids is 4. The van der Waals surface area contributed by atoms with Crippen LogP contribution in [0, 0.1) is 22.7 Å². The van der Waals surface area contributed by atoms with E-state index in [4.69, 9.17) is 44.1 Å². The zero-order valence-corrected chi connectivity index (χ0v) is 44.0. The number of esters is 1. The number of pyridine rings is 1. The molecule has 3 N–H and O–H groups in total. The Hall–Kier alpha value is -4.08. The highest BCUT2D eigenvalue weighted by atomic mass is 35.5. The minimum atomic E-state index is -4.49. The van der Waals surface area contributed by atoms with Crippen LogP contribution in [0.3, 0.4) is 0 Å². The molecule has 21 heteroatoms. The first kappa shape index (κ1) is 55.8. The van der Waals surface area contributed by atoms with Gasteiger partial charge in [0.25, 0.3) is 0 Å². The van der Waals surface area contributed by atoms with Gasteiger partial charge in [0.1, 0.15) is 33.7 Å². The van der Waals surface area contributed by atoms with E-state index in [2.05, 4.69) is 16.3 Å². The lowest BCUT2D eigenvalue weighted by Gasteiger charge is -2.35. The predicted molar refractivity (Wildman–Crippen MR) is 259 cm³/mol. The second-order valence-corrected chi connectivity index (χ2v) is 23.6. The summed E-state index contributed by atoms with van der Waals surface area (Å²) in [4.78, 5) is 62.4. The number of hydrogen-bond acceptors (Lipinski definition) is 15. The molecule has 0 unspecified atom stereocenters. The Bertz CT molecular complexity index is 2480. The number of fused-ring (bicyclic) bond motifs is 1. The summed E-state index contributed by atoms with van der Waals surface area (Å²) < 4.78 is 82.9. The van der Waals surface area contributed by atoms with E-state index in [-0.39, 0.29) is 43.1 Å². The number of nitrogens with one attached hydrogen (secondary N) is 1. The Balaban J connectivity index is 0.000000709. The molecule has 4 aliphatic rings.